The first-order chi connectivity index (χ1) is 13.7. The third kappa shape index (κ3) is 5.22. The van der Waals surface area contributed by atoms with Crippen LogP contribution in [0.5, 0.6) is 5.75 Å². The number of para-hydroxylation sites is 2. The summed E-state index contributed by atoms with van der Waals surface area (Å²) in [7, 11) is 0. The molecule has 3 rings (SSSR count). The number of allylic oxidation sites excluding steroid dienone is 1. The average molecular weight is 377 g/mol. The van der Waals surface area contributed by atoms with E-state index in [4.69, 9.17) is 9.72 Å². The Kier molecular flexibility index (Phi) is 6.84. The van der Waals surface area contributed by atoms with Crippen LogP contribution in [-0.4, -0.2) is 28.6 Å². The molecule has 1 heterocycles. The SMILES string of the molecule is C/C=C\C(=O)NCCCc1nc2ccccc2n1CCOc1ccc(C)cc1. The minimum Gasteiger partial charge on any atom is -0.492 e. The van der Waals surface area contributed by atoms with Gasteiger partial charge >= 0.3 is 0 Å². The number of hydrogen-bond acceptors (Lipinski definition) is 3. The summed E-state index contributed by atoms with van der Waals surface area (Å²) in [6.45, 7) is 5.84. The highest BCUT2D eigenvalue weighted by molar-refractivity contribution is 5.87. The highest BCUT2D eigenvalue weighted by atomic mass is 16.5. The Bertz CT molecular complexity index is 942. The second-order valence-electron chi connectivity index (χ2n) is 6.72. The fourth-order valence-electron chi connectivity index (χ4n) is 3.12. The van der Waals surface area contributed by atoms with Crippen LogP contribution in [0.2, 0.25) is 0 Å². The molecule has 0 radical (unpaired) electrons. The van der Waals surface area contributed by atoms with Gasteiger partial charge in [-0.1, -0.05) is 35.9 Å². The van der Waals surface area contributed by atoms with Crippen LogP contribution in [0, 0.1) is 6.92 Å². The van der Waals surface area contributed by atoms with Gasteiger partial charge in [-0.2, -0.15) is 0 Å². The smallest absolute Gasteiger partial charge is 0.243 e. The van der Waals surface area contributed by atoms with Crippen molar-refractivity contribution in [2.24, 2.45) is 0 Å². The monoisotopic (exact) mass is 377 g/mol. The zero-order valence-corrected chi connectivity index (χ0v) is 16.5. The lowest BCUT2D eigenvalue weighted by molar-refractivity contribution is -0.116. The standard InChI is InChI=1S/C23H27N3O2/c1-3-7-23(27)24-15-6-10-22-25-20-8-4-5-9-21(20)26(22)16-17-28-19-13-11-18(2)12-14-19/h3-5,7-9,11-14H,6,10,15-17H2,1-2H3,(H,24,27)/b7-3-. The van der Waals surface area contributed by atoms with E-state index in [1.54, 1.807) is 6.08 Å². The Labute approximate surface area is 166 Å². The van der Waals surface area contributed by atoms with E-state index < -0.39 is 0 Å². The largest absolute Gasteiger partial charge is 0.492 e. The molecule has 1 aromatic heterocycles. The molecule has 0 bridgehead atoms. The van der Waals surface area contributed by atoms with Crippen LogP contribution in [0.1, 0.15) is 24.7 Å². The number of carbonyl (C=O) groups is 1. The van der Waals surface area contributed by atoms with E-state index in [0.717, 1.165) is 42.0 Å². The number of aryl methyl sites for hydroxylation is 2. The summed E-state index contributed by atoms with van der Waals surface area (Å²) in [4.78, 5) is 16.3. The molecule has 0 unspecified atom stereocenters. The third-order valence-electron chi connectivity index (χ3n) is 4.53. The predicted octanol–water partition coefficient (Wildman–Crippen LogP) is 4.05. The van der Waals surface area contributed by atoms with Gasteiger partial charge in [-0.15, -0.1) is 0 Å². The normalized spacial score (nSPS) is 11.2. The second-order valence-corrected chi connectivity index (χ2v) is 6.72. The van der Waals surface area contributed by atoms with Crippen LogP contribution in [0.15, 0.2) is 60.7 Å². The van der Waals surface area contributed by atoms with Crippen LogP contribution in [-0.2, 0) is 17.8 Å². The molecule has 5 heteroatoms. The van der Waals surface area contributed by atoms with Crippen molar-refractivity contribution in [2.75, 3.05) is 13.2 Å². The molecule has 28 heavy (non-hydrogen) atoms. The zero-order chi connectivity index (χ0) is 19.8. The van der Waals surface area contributed by atoms with Crippen molar-refractivity contribution in [3.63, 3.8) is 0 Å². The lowest BCUT2D eigenvalue weighted by atomic mass is 10.2. The Balaban J connectivity index is 1.63. The summed E-state index contributed by atoms with van der Waals surface area (Å²) >= 11 is 0. The van der Waals surface area contributed by atoms with Gasteiger partial charge in [0, 0.05) is 13.0 Å². The molecule has 0 aliphatic carbocycles. The van der Waals surface area contributed by atoms with Gasteiger partial charge in [0.2, 0.25) is 5.91 Å². The molecule has 5 nitrogen and oxygen atoms in total. The summed E-state index contributed by atoms with van der Waals surface area (Å²) < 4.78 is 8.13. The Morgan fingerprint density at radius 1 is 1.18 bits per heavy atom. The van der Waals surface area contributed by atoms with Crippen molar-refractivity contribution in [2.45, 2.75) is 33.2 Å². The number of fused-ring (bicyclic) bond motifs is 1. The lowest BCUT2D eigenvalue weighted by Gasteiger charge is -2.11. The van der Waals surface area contributed by atoms with E-state index >= 15 is 0 Å². The van der Waals surface area contributed by atoms with Crippen molar-refractivity contribution in [3.8, 4) is 5.75 Å². The number of carbonyl (C=O) groups excluding carboxylic acids is 1. The topological polar surface area (TPSA) is 56.2 Å². The highest BCUT2D eigenvalue weighted by Crippen LogP contribution is 2.18. The van der Waals surface area contributed by atoms with Gasteiger partial charge in [-0.05, 0) is 50.6 Å². The first-order valence-corrected chi connectivity index (χ1v) is 9.71. The van der Waals surface area contributed by atoms with E-state index in [0.29, 0.717) is 13.2 Å². The Hall–Kier alpha value is -3.08. The molecule has 0 saturated carbocycles. The van der Waals surface area contributed by atoms with Crippen molar-refractivity contribution < 1.29 is 9.53 Å². The summed E-state index contributed by atoms with van der Waals surface area (Å²) in [5, 5.41) is 2.89. The van der Waals surface area contributed by atoms with Crippen molar-refractivity contribution in [1.29, 1.82) is 0 Å². The molecule has 2 aromatic carbocycles. The van der Waals surface area contributed by atoms with Crippen LogP contribution in [0.25, 0.3) is 11.0 Å². The molecule has 1 N–H and O–H groups in total. The summed E-state index contributed by atoms with van der Waals surface area (Å²) in [6.07, 6.45) is 4.92. The van der Waals surface area contributed by atoms with Gasteiger partial charge in [0.05, 0.1) is 17.6 Å². The van der Waals surface area contributed by atoms with E-state index in [9.17, 15) is 4.79 Å². The van der Waals surface area contributed by atoms with Crippen LogP contribution < -0.4 is 10.1 Å². The molecular weight excluding hydrogens is 350 g/mol. The van der Waals surface area contributed by atoms with Gasteiger partial charge < -0.3 is 14.6 Å². The number of benzene rings is 2. The first kappa shape index (κ1) is 19.7. The lowest BCUT2D eigenvalue weighted by Crippen LogP contribution is -2.23. The number of rotatable bonds is 9. The van der Waals surface area contributed by atoms with Crippen LogP contribution >= 0.6 is 0 Å². The van der Waals surface area contributed by atoms with Gasteiger partial charge in [0.1, 0.15) is 18.2 Å². The maximum atomic E-state index is 11.5. The van der Waals surface area contributed by atoms with Crippen LogP contribution in [0.4, 0.5) is 0 Å². The molecule has 0 atom stereocenters. The maximum absolute atomic E-state index is 11.5. The van der Waals surface area contributed by atoms with Gasteiger partial charge in [0.15, 0.2) is 0 Å². The number of nitrogens with one attached hydrogen (secondary N) is 1. The number of ether oxygens (including phenoxy) is 1. The molecule has 0 fully saturated rings. The Morgan fingerprint density at radius 2 is 1.96 bits per heavy atom. The molecular formula is C23H27N3O2. The number of aromatic nitrogens is 2. The highest BCUT2D eigenvalue weighted by Gasteiger charge is 2.10. The predicted molar refractivity (Wildman–Crippen MR) is 113 cm³/mol. The van der Waals surface area contributed by atoms with E-state index in [2.05, 4.69) is 35.0 Å². The number of hydrogen-bond donors (Lipinski definition) is 1. The fraction of sp³-hybridized carbons (Fsp3) is 0.304. The molecule has 146 valence electrons. The maximum Gasteiger partial charge on any atom is 0.243 e. The molecule has 0 aliphatic heterocycles. The van der Waals surface area contributed by atoms with Crippen molar-refractivity contribution in [1.82, 2.24) is 14.9 Å². The molecule has 3 aromatic rings. The van der Waals surface area contributed by atoms with Crippen molar-refractivity contribution in [3.05, 3.63) is 72.1 Å². The Morgan fingerprint density at radius 3 is 2.75 bits per heavy atom. The molecule has 0 saturated heterocycles. The first-order valence-electron chi connectivity index (χ1n) is 9.71. The number of imidazole rings is 1. The van der Waals surface area contributed by atoms with Crippen molar-refractivity contribution >= 4 is 16.9 Å². The summed E-state index contributed by atoms with van der Waals surface area (Å²) in [6, 6.07) is 16.2. The minimum atomic E-state index is -0.0532. The number of amides is 1. The van der Waals surface area contributed by atoms with Gasteiger partial charge in [-0.25, -0.2) is 4.98 Å². The summed E-state index contributed by atoms with van der Waals surface area (Å²) in [5.74, 6) is 1.85. The molecule has 0 aliphatic rings. The average Bonchev–Trinajstić information content (AvgIpc) is 3.05. The zero-order valence-electron chi connectivity index (χ0n) is 16.5. The second kappa shape index (κ2) is 9.74. The minimum absolute atomic E-state index is 0.0532. The van der Waals surface area contributed by atoms with Gasteiger partial charge in [-0.3, -0.25) is 4.79 Å². The molecule has 1 amide bonds. The van der Waals surface area contributed by atoms with Crippen LogP contribution in [0.3, 0.4) is 0 Å². The molecule has 0 spiro atoms. The number of nitrogens with zero attached hydrogens (tertiary/aromatic N) is 2. The van der Waals surface area contributed by atoms with Gasteiger partial charge in [0.25, 0.3) is 0 Å². The summed E-state index contributed by atoms with van der Waals surface area (Å²) in [5.41, 5.74) is 3.32. The quantitative estimate of drug-likeness (QED) is 0.452. The fourth-order valence-corrected chi connectivity index (χ4v) is 3.12. The third-order valence-corrected chi connectivity index (χ3v) is 4.53. The van der Waals surface area contributed by atoms with E-state index in [1.807, 2.05) is 37.3 Å². The van der Waals surface area contributed by atoms with E-state index in [1.165, 1.54) is 11.6 Å². The van der Waals surface area contributed by atoms with E-state index in [-0.39, 0.29) is 5.91 Å².